The molecule has 1 nitrogen and oxygen atoms in total. The Hall–Kier alpha value is -1.34. The fourth-order valence-electron chi connectivity index (χ4n) is 3.05. The van der Waals surface area contributed by atoms with Crippen molar-refractivity contribution >= 4 is 5.57 Å². The number of aliphatic hydroxyl groups is 1. The largest absolute Gasteiger partial charge is 0.385 e. The van der Waals surface area contributed by atoms with Crippen LogP contribution in [0.2, 0.25) is 0 Å². The monoisotopic (exact) mass is 312 g/mol. The van der Waals surface area contributed by atoms with Crippen LogP contribution in [0.3, 0.4) is 0 Å². The van der Waals surface area contributed by atoms with E-state index in [0.717, 1.165) is 12.8 Å². The average molecular weight is 312 g/mol. The van der Waals surface area contributed by atoms with E-state index in [2.05, 4.69) is 78.0 Å². The third-order valence-electron chi connectivity index (χ3n) is 6.05. The van der Waals surface area contributed by atoms with Gasteiger partial charge in [0.2, 0.25) is 0 Å². The summed E-state index contributed by atoms with van der Waals surface area (Å²) in [5, 5.41) is 11.5. The molecule has 1 aromatic carbocycles. The van der Waals surface area contributed by atoms with E-state index < -0.39 is 5.60 Å². The molecule has 126 valence electrons. The Labute approximate surface area is 142 Å². The zero-order valence-electron chi connectivity index (χ0n) is 15.6. The average Bonchev–Trinajstić information content (AvgIpc) is 2.55. The lowest BCUT2D eigenvalue weighted by atomic mass is 9.64. The molecule has 0 bridgehead atoms. The minimum atomic E-state index is -0.802. The summed E-state index contributed by atoms with van der Waals surface area (Å²) in [5.74, 6) is 0. The first-order valence-electron chi connectivity index (χ1n) is 8.87. The molecule has 23 heavy (non-hydrogen) atoms. The van der Waals surface area contributed by atoms with Crippen LogP contribution in [0, 0.1) is 10.8 Å². The maximum atomic E-state index is 11.5. The predicted octanol–water partition coefficient (Wildman–Crippen LogP) is 6.00. The first kappa shape index (κ1) is 18.0. The Balaban J connectivity index is 2.57. The normalized spacial score (nSPS) is 22.6. The number of rotatable bonds is 5. The van der Waals surface area contributed by atoms with Gasteiger partial charge in [0.25, 0.3) is 0 Å². The summed E-state index contributed by atoms with van der Waals surface area (Å²) in [6.45, 7) is 13.3. The van der Waals surface area contributed by atoms with Gasteiger partial charge in [-0.1, -0.05) is 78.0 Å². The van der Waals surface area contributed by atoms with Gasteiger partial charge in [-0.05, 0) is 46.5 Å². The topological polar surface area (TPSA) is 20.2 Å². The van der Waals surface area contributed by atoms with Crippen LogP contribution >= 0.6 is 0 Å². The lowest BCUT2D eigenvalue weighted by Crippen LogP contribution is -2.45. The summed E-state index contributed by atoms with van der Waals surface area (Å²) < 4.78 is 0. The Bertz CT molecular complexity index is 604. The third kappa shape index (κ3) is 3.45. The van der Waals surface area contributed by atoms with Crippen molar-refractivity contribution in [1.82, 2.24) is 0 Å². The van der Waals surface area contributed by atoms with Gasteiger partial charge >= 0.3 is 0 Å². The van der Waals surface area contributed by atoms with Crippen molar-refractivity contribution in [2.45, 2.75) is 66.4 Å². The fourth-order valence-corrected chi connectivity index (χ4v) is 3.05. The molecule has 1 unspecified atom stereocenters. The Morgan fingerprint density at radius 3 is 2.13 bits per heavy atom. The van der Waals surface area contributed by atoms with Crippen molar-refractivity contribution in [1.29, 1.82) is 0 Å². The van der Waals surface area contributed by atoms with Crippen LogP contribution in [-0.4, -0.2) is 10.7 Å². The molecular weight excluding hydrogens is 280 g/mol. The highest BCUT2D eigenvalue weighted by Crippen LogP contribution is 2.48. The summed E-state index contributed by atoms with van der Waals surface area (Å²) in [4.78, 5) is 0. The van der Waals surface area contributed by atoms with E-state index in [4.69, 9.17) is 0 Å². The maximum absolute atomic E-state index is 11.5. The van der Waals surface area contributed by atoms with Crippen LogP contribution in [0.1, 0.15) is 66.4 Å². The molecule has 1 aliphatic carbocycles. The van der Waals surface area contributed by atoms with Crippen molar-refractivity contribution < 1.29 is 5.11 Å². The molecule has 0 spiro atoms. The second-order valence-electron chi connectivity index (χ2n) is 8.21. The second-order valence-corrected chi connectivity index (χ2v) is 8.21. The zero-order chi connectivity index (χ0) is 17.3. The molecule has 0 aromatic heterocycles. The molecule has 0 heterocycles. The van der Waals surface area contributed by atoms with E-state index >= 15 is 0 Å². The van der Waals surface area contributed by atoms with Gasteiger partial charge in [-0.3, -0.25) is 0 Å². The van der Waals surface area contributed by atoms with Crippen LogP contribution in [-0.2, 0) is 0 Å². The molecule has 0 saturated heterocycles. The lowest BCUT2D eigenvalue weighted by Gasteiger charge is -2.45. The number of benzene rings is 1. The predicted molar refractivity (Wildman–Crippen MR) is 100 cm³/mol. The molecule has 1 heteroatoms. The number of hydrogen-bond donors (Lipinski definition) is 1. The Morgan fingerprint density at radius 1 is 1.00 bits per heavy atom. The third-order valence-corrected chi connectivity index (χ3v) is 6.05. The van der Waals surface area contributed by atoms with Crippen LogP contribution < -0.4 is 0 Å². The molecule has 1 atom stereocenters. The Morgan fingerprint density at radius 2 is 1.61 bits per heavy atom. The maximum Gasteiger partial charge on any atom is 0.0924 e. The quantitative estimate of drug-likeness (QED) is 0.706. The molecule has 0 fully saturated rings. The standard InChI is InChI=1S/C22H32O/c1-7-20(3,4)19-14-18(17-12-10-9-11-13-17)15-22(23,16-19)21(5,6)8-2/h9-14,16,23H,7-8,15H2,1-6H3. The number of hydrogen-bond acceptors (Lipinski definition) is 1. The molecule has 1 aliphatic rings. The molecule has 0 saturated carbocycles. The molecule has 0 radical (unpaired) electrons. The summed E-state index contributed by atoms with van der Waals surface area (Å²) >= 11 is 0. The van der Waals surface area contributed by atoms with Crippen LogP contribution in [0.15, 0.2) is 48.1 Å². The Kier molecular flexibility index (Phi) is 4.92. The highest BCUT2D eigenvalue weighted by molar-refractivity contribution is 5.72. The fraction of sp³-hybridized carbons (Fsp3) is 0.545. The van der Waals surface area contributed by atoms with Crippen molar-refractivity contribution in [3.63, 3.8) is 0 Å². The first-order valence-corrected chi connectivity index (χ1v) is 8.87. The zero-order valence-corrected chi connectivity index (χ0v) is 15.6. The van der Waals surface area contributed by atoms with Gasteiger partial charge in [0.1, 0.15) is 0 Å². The summed E-state index contributed by atoms with van der Waals surface area (Å²) in [5.41, 5.74) is 2.83. The van der Waals surface area contributed by atoms with Gasteiger partial charge in [0.05, 0.1) is 5.60 Å². The molecule has 0 amide bonds. The summed E-state index contributed by atoms with van der Waals surface area (Å²) in [6.07, 6.45) is 7.13. The molecule has 1 N–H and O–H groups in total. The van der Waals surface area contributed by atoms with Crippen LogP contribution in [0.5, 0.6) is 0 Å². The summed E-state index contributed by atoms with van der Waals surface area (Å²) in [6, 6.07) is 10.5. The highest BCUT2D eigenvalue weighted by Gasteiger charge is 2.44. The molecule has 0 aliphatic heterocycles. The SMILES string of the molecule is CCC(C)(C)C1=CC(O)(C(C)(C)CC)CC(c2ccccc2)=C1. The highest BCUT2D eigenvalue weighted by atomic mass is 16.3. The van der Waals surface area contributed by atoms with Crippen LogP contribution in [0.4, 0.5) is 0 Å². The first-order chi connectivity index (χ1) is 10.6. The smallest absolute Gasteiger partial charge is 0.0924 e. The van der Waals surface area contributed by atoms with Gasteiger partial charge in [0.15, 0.2) is 0 Å². The van der Waals surface area contributed by atoms with E-state index in [1.165, 1.54) is 16.7 Å². The van der Waals surface area contributed by atoms with Crippen molar-refractivity contribution in [2.75, 3.05) is 0 Å². The van der Waals surface area contributed by atoms with E-state index in [-0.39, 0.29) is 10.8 Å². The number of allylic oxidation sites excluding steroid dienone is 2. The minimum Gasteiger partial charge on any atom is -0.385 e. The van der Waals surface area contributed by atoms with Crippen molar-refractivity contribution in [3.8, 4) is 0 Å². The van der Waals surface area contributed by atoms with Gasteiger partial charge in [-0.2, -0.15) is 0 Å². The molecule has 2 rings (SSSR count). The van der Waals surface area contributed by atoms with Gasteiger partial charge in [-0.15, -0.1) is 0 Å². The minimum absolute atomic E-state index is 0.0677. The molecular formula is C22H32O. The van der Waals surface area contributed by atoms with Crippen LogP contribution in [0.25, 0.3) is 5.57 Å². The van der Waals surface area contributed by atoms with Gasteiger partial charge < -0.3 is 5.11 Å². The van der Waals surface area contributed by atoms with Gasteiger partial charge in [-0.25, -0.2) is 0 Å². The van der Waals surface area contributed by atoms with E-state index in [0.29, 0.717) is 6.42 Å². The van der Waals surface area contributed by atoms with Crippen molar-refractivity contribution in [2.24, 2.45) is 10.8 Å². The van der Waals surface area contributed by atoms with Gasteiger partial charge in [0, 0.05) is 6.42 Å². The van der Waals surface area contributed by atoms with E-state index in [9.17, 15) is 5.11 Å². The lowest BCUT2D eigenvalue weighted by molar-refractivity contribution is -0.0244. The van der Waals surface area contributed by atoms with E-state index in [1.54, 1.807) is 0 Å². The summed E-state index contributed by atoms with van der Waals surface area (Å²) in [7, 11) is 0. The second kappa shape index (κ2) is 6.28. The molecule has 1 aromatic rings. The van der Waals surface area contributed by atoms with Crippen molar-refractivity contribution in [3.05, 3.63) is 53.6 Å². The van der Waals surface area contributed by atoms with E-state index in [1.807, 2.05) is 6.07 Å².